The molecule has 1 atom stereocenters. The van der Waals surface area contributed by atoms with Crippen LogP contribution in [-0.2, 0) is 11.3 Å². The molecule has 1 N–H and O–H groups in total. The molecule has 2 aromatic rings. The van der Waals surface area contributed by atoms with E-state index in [-0.39, 0.29) is 11.8 Å². The molecule has 1 aliphatic rings. The molecule has 0 unspecified atom stereocenters. The molecule has 132 valence electrons. The Balaban J connectivity index is 1.59. The van der Waals surface area contributed by atoms with Crippen molar-refractivity contribution in [1.29, 1.82) is 0 Å². The first-order valence-electron chi connectivity index (χ1n) is 8.55. The van der Waals surface area contributed by atoms with Crippen LogP contribution in [0.4, 0.5) is 5.69 Å². The van der Waals surface area contributed by atoms with Crippen molar-refractivity contribution in [3.05, 3.63) is 63.6 Å². The summed E-state index contributed by atoms with van der Waals surface area (Å²) >= 11 is 12.1. The van der Waals surface area contributed by atoms with Gasteiger partial charge in [0.1, 0.15) is 0 Å². The standard InChI is InChI=1S/C20H22Cl2N2O/c1-14-4-9-18(11-19(14)22)23-20(25)16-3-2-10-24(13-16)12-15-5-7-17(21)8-6-15/h4-9,11,16H,2-3,10,12-13H2,1H3,(H,23,25)/t16-/m1/s1. The minimum absolute atomic E-state index is 0.00105. The summed E-state index contributed by atoms with van der Waals surface area (Å²) in [5.74, 6) is 0.0712. The largest absolute Gasteiger partial charge is 0.326 e. The highest BCUT2D eigenvalue weighted by molar-refractivity contribution is 6.31. The van der Waals surface area contributed by atoms with E-state index in [2.05, 4.69) is 10.2 Å². The summed E-state index contributed by atoms with van der Waals surface area (Å²) < 4.78 is 0. The number of anilines is 1. The van der Waals surface area contributed by atoms with Gasteiger partial charge in [0.25, 0.3) is 0 Å². The molecule has 1 aliphatic heterocycles. The molecule has 0 bridgehead atoms. The lowest BCUT2D eigenvalue weighted by molar-refractivity contribution is -0.121. The van der Waals surface area contributed by atoms with Gasteiger partial charge in [-0.05, 0) is 61.7 Å². The highest BCUT2D eigenvalue weighted by Gasteiger charge is 2.26. The van der Waals surface area contributed by atoms with Crippen molar-refractivity contribution in [3.63, 3.8) is 0 Å². The number of rotatable bonds is 4. The molecule has 0 radical (unpaired) electrons. The van der Waals surface area contributed by atoms with E-state index in [9.17, 15) is 4.79 Å². The lowest BCUT2D eigenvalue weighted by Crippen LogP contribution is -2.40. The summed E-state index contributed by atoms with van der Waals surface area (Å²) in [6.45, 7) is 4.58. The third kappa shape index (κ3) is 4.97. The molecule has 0 saturated carbocycles. The number of nitrogens with one attached hydrogen (secondary N) is 1. The van der Waals surface area contributed by atoms with Crippen molar-refractivity contribution in [2.24, 2.45) is 5.92 Å². The number of hydrogen-bond acceptors (Lipinski definition) is 2. The van der Waals surface area contributed by atoms with Crippen LogP contribution in [0.15, 0.2) is 42.5 Å². The molecular formula is C20H22Cl2N2O. The van der Waals surface area contributed by atoms with Crippen LogP contribution in [0, 0.1) is 12.8 Å². The third-order valence-electron chi connectivity index (χ3n) is 4.64. The number of likely N-dealkylation sites (tertiary alicyclic amines) is 1. The van der Waals surface area contributed by atoms with Crippen molar-refractivity contribution >= 4 is 34.8 Å². The zero-order chi connectivity index (χ0) is 17.8. The Kier molecular flexibility index (Phi) is 6.00. The molecule has 1 fully saturated rings. The first-order valence-corrected chi connectivity index (χ1v) is 9.30. The third-order valence-corrected chi connectivity index (χ3v) is 5.29. The molecule has 5 heteroatoms. The van der Waals surface area contributed by atoms with Crippen molar-refractivity contribution in [2.75, 3.05) is 18.4 Å². The summed E-state index contributed by atoms with van der Waals surface area (Å²) in [4.78, 5) is 14.9. The number of aryl methyl sites for hydroxylation is 1. The molecule has 25 heavy (non-hydrogen) atoms. The van der Waals surface area contributed by atoms with Gasteiger partial charge in [-0.2, -0.15) is 0 Å². The van der Waals surface area contributed by atoms with E-state index >= 15 is 0 Å². The van der Waals surface area contributed by atoms with Crippen LogP contribution < -0.4 is 5.32 Å². The Bertz CT molecular complexity index is 746. The zero-order valence-corrected chi connectivity index (χ0v) is 15.8. The topological polar surface area (TPSA) is 32.3 Å². The van der Waals surface area contributed by atoms with Crippen LogP contribution in [0.5, 0.6) is 0 Å². The summed E-state index contributed by atoms with van der Waals surface area (Å²) in [6, 6.07) is 13.5. The fourth-order valence-electron chi connectivity index (χ4n) is 3.18. The molecular weight excluding hydrogens is 355 g/mol. The highest BCUT2D eigenvalue weighted by atomic mass is 35.5. The Morgan fingerprint density at radius 3 is 2.68 bits per heavy atom. The minimum Gasteiger partial charge on any atom is -0.326 e. The second kappa shape index (κ2) is 8.22. The number of piperidine rings is 1. The van der Waals surface area contributed by atoms with Gasteiger partial charge in [-0.1, -0.05) is 41.4 Å². The predicted molar refractivity (Wildman–Crippen MR) is 104 cm³/mol. The van der Waals surface area contributed by atoms with Gasteiger partial charge in [0.15, 0.2) is 0 Å². The Labute approximate surface area is 158 Å². The molecule has 3 rings (SSSR count). The van der Waals surface area contributed by atoms with Gasteiger partial charge in [-0.25, -0.2) is 0 Å². The SMILES string of the molecule is Cc1ccc(NC(=O)[C@@H]2CCCN(Cc3ccc(Cl)cc3)C2)cc1Cl. The van der Waals surface area contributed by atoms with Crippen molar-refractivity contribution in [1.82, 2.24) is 4.90 Å². The fraction of sp³-hybridized carbons (Fsp3) is 0.350. The van der Waals surface area contributed by atoms with Gasteiger partial charge in [0, 0.05) is 28.8 Å². The van der Waals surface area contributed by atoms with E-state index in [0.717, 1.165) is 48.7 Å². The normalized spacial score (nSPS) is 18.1. The molecule has 1 saturated heterocycles. The van der Waals surface area contributed by atoms with E-state index in [1.807, 2.05) is 49.4 Å². The summed E-state index contributed by atoms with van der Waals surface area (Å²) in [5.41, 5.74) is 2.98. The van der Waals surface area contributed by atoms with E-state index in [4.69, 9.17) is 23.2 Å². The van der Waals surface area contributed by atoms with Crippen LogP contribution in [0.25, 0.3) is 0 Å². The average Bonchev–Trinajstić information content (AvgIpc) is 2.60. The molecule has 0 aliphatic carbocycles. The Morgan fingerprint density at radius 1 is 1.20 bits per heavy atom. The summed E-state index contributed by atoms with van der Waals surface area (Å²) in [7, 11) is 0. The lowest BCUT2D eigenvalue weighted by atomic mass is 9.96. The molecule has 1 amide bonds. The predicted octanol–water partition coefficient (Wildman–Crippen LogP) is 5.15. The van der Waals surface area contributed by atoms with E-state index < -0.39 is 0 Å². The first-order chi connectivity index (χ1) is 12.0. The maximum absolute atomic E-state index is 12.6. The van der Waals surface area contributed by atoms with Gasteiger partial charge < -0.3 is 5.32 Å². The smallest absolute Gasteiger partial charge is 0.228 e. The molecule has 0 aromatic heterocycles. The monoisotopic (exact) mass is 376 g/mol. The number of hydrogen-bond donors (Lipinski definition) is 1. The Morgan fingerprint density at radius 2 is 1.96 bits per heavy atom. The average molecular weight is 377 g/mol. The fourth-order valence-corrected chi connectivity index (χ4v) is 3.48. The van der Waals surface area contributed by atoms with Gasteiger partial charge in [0.2, 0.25) is 5.91 Å². The Hall–Kier alpha value is -1.55. The van der Waals surface area contributed by atoms with Gasteiger partial charge in [-0.3, -0.25) is 9.69 Å². The maximum Gasteiger partial charge on any atom is 0.228 e. The van der Waals surface area contributed by atoms with Crippen LogP contribution in [-0.4, -0.2) is 23.9 Å². The van der Waals surface area contributed by atoms with E-state index in [0.29, 0.717) is 5.02 Å². The number of halogens is 2. The van der Waals surface area contributed by atoms with Crippen molar-refractivity contribution < 1.29 is 4.79 Å². The highest BCUT2D eigenvalue weighted by Crippen LogP contribution is 2.23. The summed E-state index contributed by atoms with van der Waals surface area (Å²) in [5, 5.41) is 4.42. The molecule has 1 heterocycles. The van der Waals surface area contributed by atoms with E-state index in [1.165, 1.54) is 5.56 Å². The maximum atomic E-state index is 12.6. The number of benzene rings is 2. The van der Waals surface area contributed by atoms with Crippen LogP contribution in [0.2, 0.25) is 10.0 Å². The number of amides is 1. The molecule has 0 spiro atoms. The van der Waals surface area contributed by atoms with Crippen molar-refractivity contribution in [3.8, 4) is 0 Å². The van der Waals surface area contributed by atoms with Crippen molar-refractivity contribution in [2.45, 2.75) is 26.3 Å². The van der Waals surface area contributed by atoms with Crippen LogP contribution in [0.3, 0.4) is 0 Å². The zero-order valence-electron chi connectivity index (χ0n) is 14.3. The molecule has 3 nitrogen and oxygen atoms in total. The number of nitrogens with zero attached hydrogens (tertiary/aromatic N) is 1. The second-order valence-electron chi connectivity index (χ2n) is 6.65. The van der Waals surface area contributed by atoms with Gasteiger partial charge >= 0.3 is 0 Å². The van der Waals surface area contributed by atoms with Crippen LogP contribution >= 0.6 is 23.2 Å². The van der Waals surface area contributed by atoms with Crippen LogP contribution in [0.1, 0.15) is 24.0 Å². The summed E-state index contributed by atoms with van der Waals surface area (Å²) in [6.07, 6.45) is 1.95. The quantitative estimate of drug-likeness (QED) is 0.799. The number of carbonyl (C=O) groups is 1. The number of carbonyl (C=O) groups excluding carboxylic acids is 1. The first kappa shape index (κ1) is 18.2. The van der Waals surface area contributed by atoms with E-state index in [1.54, 1.807) is 0 Å². The second-order valence-corrected chi connectivity index (χ2v) is 7.50. The minimum atomic E-state index is 0.00105. The lowest BCUT2D eigenvalue weighted by Gasteiger charge is -2.32. The molecule has 2 aromatic carbocycles. The van der Waals surface area contributed by atoms with Gasteiger partial charge in [0.05, 0.1) is 5.92 Å². The van der Waals surface area contributed by atoms with Gasteiger partial charge in [-0.15, -0.1) is 0 Å².